The van der Waals surface area contributed by atoms with Gasteiger partial charge in [-0.25, -0.2) is 0 Å². The minimum absolute atomic E-state index is 0.00826. The van der Waals surface area contributed by atoms with Crippen molar-refractivity contribution < 1.29 is 57.8 Å². The Morgan fingerprint density at radius 1 is 0.477 bits per heavy atom. The number of benzene rings is 2. The topological polar surface area (TPSA) is 525 Å². The Kier molecular flexibility index (Phi) is 46.4. The summed E-state index contributed by atoms with van der Waals surface area (Å²) in [5.74, 6) is -9.04. The second-order valence-corrected chi connectivity index (χ2v) is 29.6. The molecule has 1 aromatic heterocycles. The first kappa shape index (κ1) is 94.2. The van der Waals surface area contributed by atoms with Crippen molar-refractivity contribution in [2.24, 2.45) is 56.2 Å². The maximum Gasteiger partial charge on any atom is 0.245 e. The second kappa shape index (κ2) is 53.7. The number of nitrogens with one attached hydrogen (secondary N) is 11. The lowest BCUT2D eigenvalue weighted by atomic mass is 9.97. The number of amides is 11. The van der Waals surface area contributed by atoms with Crippen LogP contribution in [0.2, 0.25) is 0 Å². The van der Waals surface area contributed by atoms with E-state index in [1.54, 1.807) is 57.3 Å². The molecular formula is C77H129N19O12S. The number of thioether (sulfide) groups is 1. The van der Waals surface area contributed by atoms with Gasteiger partial charge in [-0.2, -0.15) is 11.8 Å². The molecule has 11 amide bonds. The zero-order valence-corrected chi connectivity index (χ0v) is 66.1. The normalized spacial score (nSPS) is 14.3. The molecule has 0 aliphatic carbocycles. The lowest BCUT2D eigenvalue weighted by Gasteiger charge is -2.29. The average Bonchev–Trinajstić information content (AvgIpc) is 1.75. The van der Waals surface area contributed by atoms with Crippen molar-refractivity contribution in [1.82, 2.24) is 58.2 Å². The van der Waals surface area contributed by atoms with E-state index in [2.05, 4.69) is 75.1 Å². The van der Waals surface area contributed by atoms with E-state index in [1.807, 2.05) is 37.4 Å². The first-order valence-electron chi connectivity index (χ1n) is 39.0. The van der Waals surface area contributed by atoms with Crippen LogP contribution in [0.15, 0.2) is 70.8 Å². The number of fused-ring (bicyclic) bond motifs is 1. The van der Waals surface area contributed by atoms with E-state index in [4.69, 9.17) is 34.4 Å². The second-order valence-electron chi connectivity index (χ2n) is 28.6. The first-order chi connectivity index (χ1) is 52.1. The van der Waals surface area contributed by atoms with Gasteiger partial charge < -0.3 is 97.7 Å². The highest BCUT2D eigenvalue weighted by molar-refractivity contribution is 7.98. The van der Waals surface area contributed by atoms with Gasteiger partial charge in [0.2, 0.25) is 65.0 Å². The van der Waals surface area contributed by atoms with E-state index in [0.717, 1.165) is 36.6 Å². The Morgan fingerprint density at radius 2 is 0.936 bits per heavy atom. The molecule has 3 rings (SSSR count). The number of primary amides is 1. The van der Waals surface area contributed by atoms with Crippen LogP contribution in [0, 0.1) is 11.8 Å². The molecule has 0 radical (unpaired) electrons. The smallest absolute Gasteiger partial charge is 0.245 e. The van der Waals surface area contributed by atoms with Gasteiger partial charge in [0.15, 0.2) is 11.9 Å². The number of H-pyrrole nitrogens is 1. The van der Waals surface area contributed by atoms with Crippen LogP contribution in [0.5, 0.6) is 0 Å². The minimum Gasteiger partial charge on any atom is -0.391 e. The molecule has 0 spiro atoms. The number of aliphatic imine (C=N–C) groups is 2. The summed E-state index contributed by atoms with van der Waals surface area (Å²) in [5.41, 5.74) is 36.2. The number of rotatable bonds is 58. The van der Waals surface area contributed by atoms with Gasteiger partial charge >= 0.3 is 0 Å². The van der Waals surface area contributed by atoms with Crippen LogP contribution in [0.4, 0.5) is 0 Å². The molecule has 11 atom stereocenters. The maximum atomic E-state index is 15.1. The molecule has 0 saturated heterocycles. The third kappa shape index (κ3) is 38.2. The summed E-state index contributed by atoms with van der Waals surface area (Å²) in [6, 6.07) is 4.34. The molecule has 0 aliphatic heterocycles. The number of nitrogens with zero attached hydrogens (tertiary/aromatic N) is 2. The fourth-order valence-corrected chi connectivity index (χ4v) is 12.9. The summed E-state index contributed by atoms with van der Waals surface area (Å²) in [5, 5.41) is 38.5. The van der Waals surface area contributed by atoms with E-state index < -0.39 is 132 Å². The molecular weight excluding hydrogens is 1420 g/mol. The van der Waals surface area contributed by atoms with Gasteiger partial charge in [0.25, 0.3) is 0 Å². The van der Waals surface area contributed by atoms with Crippen molar-refractivity contribution in [3.8, 4) is 0 Å². The highest BCUT2D eigenvalue weighted by Gasteiger charge is 2.37. The molecule has 0 saturated carbocycles. The van der Waals surface area contributed by atoms with Crippen molar-refractivity contribution >= 4 is 99.6 Å². The summed E-state index contributed by atoms with van der Waals surface area (Å²) in [7, 11) is 0. The van der Waals surface area contributed by atoms with Crippen LogP contribution >= 0.6 is 11.8 Å². The molecule has 610 valence electrons. The average molecular weight is 1550 g/mol. The van der Waals surface area contributed by atoms with Gasteiger partial charge in [-0.05, 0) is 119 Å². The first-order valence-corrected chi connectivity index (χ1v) is 40.4. The van der Waals surface area contributed by atoms with E-state index in [1.165, 1.54) is 70.1 Å². The Bertz CT molecular complexity index is 3330. The zero-order chi connectivity index (χ0) is 80.6. The summed E-state index contributed by atoms with van der Waals surface area (Å²) < 4.78 is 0. The third-order valence-corrected chi connectivity index (χ3v) is 19.5. The van der Waals surface area contributed by atoms with Crippen molar-refractivity contribution in [1.29, 1.82) is 0 Å². The Hall–Kier alpha value is -9.04. The Morgan fingerprint density at radius 3 is 1.44 bits per heavy atom. The monoisotopic (exact) mass is 1540 g/mol. The van der Waals surface area contributed by atoms with Crippen LogP contribution in [-0.4, -0.2) is 186 Å². The van der Waals surface area contributed by atoms with Gasteiger partial charge in [0.05, 0.1) is 12.6 Å². The minimum atomic E-state index is -1.42. The fourth-order valence-electron chi connectivity index (χ4n) is 12.4. The van der Waals surface area contributed by atoms with Crippen LogP contribution in [0.3, 0.4) is 0 Å². The van der Waals surface area contributed by atoms with Gasteiger partial charge in [-0.1, -0.05) is 167 Å². The highest BCUT2D eigenvalue weighted by Crippen LogP contribution is 2.21. The molecule has 0 aliphatic rings. The van der Waals surface area contributed by atoms with Gasteiger partial charge in [-0.3, -0.25) is 62.7 Å². The number of aliphatic hydroxyl groups excluding tert-OH is 1. The number of hydrogen-bond acceptors (Lipinski definition) is 16. The van der Waals surface area contributed by atoms with Gasteiger partial charge in [0.1, 0.15) is 54.4 Å². The van der Waals surface area contributed by atoms with Gasteiger partial charge in [0, 0.05) is 49.5 Å². The zero-order valence-electron chi connectivity index (χ0n) is 65.3. The van der Waals surface area contributed by atoms with Crippen LogP contribution in [-0.2, 0) is 65.6 Å². The van der Waals surface area contributed by atoms with Crippen LogP contribution < -0.4 is 87.6 Å². The molecule has 32 heteroatoms. The van der Waals surface area contributed by atoms with Gasteiger partial charge in [-0.15, -0.1) is 0 Å². The molecule has 109 heavy (non-hydrogen) atoms. The van der Waals surface area contributed by atoms with E-state index in [0.29, 0.717) is 42.6 Å². The quantitative estimate of drug-likeness (QED) is 0.0219. The number of aromatic amines is 1. The number of hydrogen-bond donors (Lipinski definition) is 18. The van der Waals surface area contributed by atoms with Crippen molar-refractivity contribution in [2.45, 2.75) is 269 Å². The number of aromatic nitrogens is 1. The molecule has 1 heterocycles. The summed E-state index contributed by atoms with van der Waals surface area (Å²) in [6.07, 6.45) is 18.3. The Balaban J connectivity index is 1.92. The molecule has 3 aromatic rings. The number of carbonyl (C=O) groups is 11. The summed E-state index contributed by atoms with van der Waals surface area (Å²) in [4.78, 5) is 167. The van der Waals surface area contributed by atoms with Crippen molar-refractivity contribution in [3.63, 3.8) is 0 Å². The number of para-hydroxylation sites is 1. The maximum absolute atomic E-state index is 15.1. The van der Waals surface area contributed by atoms with Crippen molar-refractivity contribution in [2.75, 3.05) is 38.2 Å². The number of guanidine groups is 2. The number of nitrogens with two attached hydrogens (primary N) is 6. The standard InChI is InChI=1S/C77H129N19O12S/c1-8-10-11-12-13-14-15-16-17-18-19-20-24-38-63(98)95-66(51(6)97)75(108)87-48-64(99)88-56(36-29-41-84-76(80)81)68(101)92-60(44-49(3)4)72(105)90-58(37-30-42-85-77(82)83)69(102)89-57(35-27-28-40-78)70(103)94-62(46-53-47-86-55-34-26-25-33-54(53)55)73(106)91-59(39-43-109-7)71(104)93-61(45-52-31-22-21-23-32-52)74(107)96-65(67(79)100)50(5)9-2/h21-23,25-26,31-34,47,49-51,56-62,65-66,86,97H,8-20,24,27-30,35-46,48,78H2,1-7H3,(H2,79,100)(H,87,108)(H,88,99)(H,89,102)(H,90,105)(H,91,106)(H,92,101)(H,93,104)(H,94,103)(H,95,98)(H,96,107)(H4,80,81,84)(H4,82,83,85)/t50-,51+,56-,57-,58-,59-,60-,61-,62-,65-,66-/m0/s1. The molecule has 0 unspecified atom stereocenters. The summed E-state index contributed by atoms with van der Waals surface area (Å²) >= 11 is 1.40. The predicted molar refractivity (Wildman–Crippen MR) is 428 cm³/mol. The largest absolute Gasteiger partial charge is 0.391 e. The van der Waals surface area contributed by atoms with Crippen molar-refractivity contribution in [3.05, 3.63) is 71.9 Å². The molecule has 0 fully saturated rings. The lowest BCUT2D eigenvalue weighted by molar-refractivity contribution is -0.136. The third-order valence-electron chi connectivity index (χ3n) is 18.8. The summed E-state index contributed by atoms with van der Waals surface area (Å²) in [6.45, 7) is 10.3. The number of carbonyl (C=O) groups excluding carboxylic acids is 11. The van der Waals surface area contributed by atoms with E-state index >= 15 is 9.59 Å². The van der Waals surface area contributed by atoms with Crippen LogP contribution in [0.1, 0.15) is 207 Å². The number of aliphatic hydroxyl groups is 1. The molecule has 0 bridgehead atoms. The fraction of sp³-hybridized carbons (Fsp3) is 0.649. The lowest BCUT2D eigenvalue weighted by Crippen LogP contribution is -2.61. The number of unbranched alkanes of at least 4 members (excludes halogenated alkanes) is 13. The molecule has 2 aromatic carbocycles. The predicted octanol–water partition coefficient (Wildman–Crippen LogP) is 2.86. The SMILES string of the molecule is CCCCCCCCCCCCCCCC(=O)N[C@H](C(=O)NCC(=O)N[C@@H](CCCN=C(N)N)C(=O)N[C@@H](CC(C)C)C(=O)N[C@@H](CCCN=C(N)N)C(=O)N[C@@H](CCCCN)C(=O)N[C@@H](Cc1c[nH]c2ccccc12)C(=O)N[C@@H](CCSC)C(=O)N[C@@H](Cc1ccccc1)C(=O)N[C@H](C(N)=O)[C@@H](C)CC)[C@@H](C)O. The highest BCUT2D eigenvalue weighted by atomic mass is 32.2. The van der Waals surface area contributed by atoms with E-state index in [-0.39, 0.29) is 108 Å². The molecule has 31 nitrogen and oxygen atoms in total. The van der Waals surface area contributed by atoms with E-state index in [9.17, 15) is 48.3 Å². The molecule has 24 N–H and O–H groups in total. The Labute approximate surface area is 647 Å². The van der Waals surface area contributed by atoms with Crippen LogP contribution in [0.25, 0.3) is 10.9 Å².